The van der Waals surface area contributed by atoms with Gasteiger partial charge in [0.1, 0.15) is 0 Å². The molecule has 1 N–H and O–H groups in total. The summed E-state index contributed by atoms with van der Waals surface area (Å²) in [7, 11) is 0. The summed E-state index contributed by atoms with van der Waals surface area (Å²) in [6.45, 7) is 7.61. The molecule has 1 fully saturated rings. The van der Waals surface area contributed by atoms with E-state index in [1.165, 1.54) is 29.6 Å². The summed E-state index contributed by atoms with van der Waals surface area (Å²) >= 11 is 1.67. The predicted molar refractivity (Wildman–Crippen MR) is 97.3 cm³/mol. The van der Waals surface area contributed by atoms with E-state index in [-0.39, 0.29) is 0 Å². The van der Waals surface area contributed by atoms with Gasteiger partial charge in [-0.15, -0.1) is 0 Å². The van der Waals surface area contributed by atoms with Gasteiger partial charge in [0.2, 0.25) is 5.13 Å². The van der Waals surface area contributed by atoms with Crippen molar-refractivity contribution in [1.82, 2.24) is 4.98 Å². The smallest absolute Gasteiger partial charge is 0.204 e. The van der Waals surface area contributed by atoms with Crippen molar-refractivity contribution in [2.45, 2.75) is 52.5 Å². The fraction of sp³-hybridized carbons (Fsp3) is 0.529. The van der Waals surface area contributed by atoms with Crippen LogP contribution < -0.4 is 10.3 Å². The lowest BCUT2D eigenvalue weighted by molar-refractivity contribution is 0.485. The van der Waals surface area contributed by atoms with Crippen molar-refractivity contribution in [2.24, 2.45) is 5.10 Å². The minimum atomic E-state index is 0.633. The average Bonchev–Trinajstić information content (AvgIpc) is 2.95. The first-order chi connectivity index (χ1) is 10.7. The number of nitrogens with one attached hydrogen (secondary N) is 1. The molecule has 2 heterocycles. The third-order valence-corrected chi connectivity index (χ3v) is 5.28. The molecule has 22 heavy (non-hydrogen) atoms. The summed E-state index contributed by atoms with van der Waals surface area (Å²) in [6.07, 6.45) is 4.89. The van der Waals surface area contributed by atoms with Crippen LogP contribution in [0.1, 0.15) is 46.5 Å². The highest BCUT2D eigenvalue weighted by atomic mass is 32.1. The maximum Gasteiger partial charge on any atom is 0.204 e. The van der Waals surface area contributed by atoms with E-state index < -0.39 is 0 Å². The van der Waals surface area contributed by atoms with Crippen LogP contribution in [0.3, 0.4) is 0 Å². The summed E-state index contributed by atoms with van der Waals surface area (Å²) in [5, 5.41) is 5.20. The van der Waals surface area contributed by atoms with E-state index in [0.717, 1.165) is 29.3 Å². The molecule has 0 spiro atoms. The molecule has 5 heteroatoms. The second-order valence-corrected chi connectivity index (χ2v) is 7.05. The van der Waals surface area contributed by atoms with Crippen LogP contribution in [0.15, 0.2) is 23.3 Å². The van der Waals surface area contributed by atoms with Crippen LogP contribution in [0.2, 0.25) is 0 Å². The summed E-state index contributed by atoms with van der Waals surface area (Å²) in [5.41, 5.74) is 6.53. The molecule has 0 bridgehead atoms. The van der Waals surface area contributed by atoms with E-state index in [4.69, 9.17) is 0 Å². The Labute approximate surface area is 136 Å². The number of piperidine rings is 1. The zero-order valence-corrected chi connectivity index (χ0v) is 14.4. The molecule has 0 unspecified atom stereocenters. The van der Waals surface area contributed by atoms with Gasteiger partial charge in [-0.05, 0) is 57.7 Å². The van der Waals surface area contributed by atoms with E-state index in [0.29, 0.717) is 6.04 Å². The molecular weight excluding hydrogens is 292 g/mol. The van der Waals surface area contributed by atoms with Crippen LogP contribution in [-0.2, 0) is 0 Å². The molecule has 3 rings (SSSR count). The molecular formula is C17H24N4S. The number of rotatable bonds is 4. The van der Waals surface area contributed by atoms with Crippen molar-refractivity contribution in [3.05, 3.63) is 18.2 Å². The van der Waals surface area contributed by atoms with Crippen molar-refractivity contribution < 1.29 is 0 Å². The highest BCUT2D eigenvalue weighted by molar-refractivity contribution is 7.22. The maximum atomic E-state index is 4.61. The number of hydrogen-bond donors (Lipinski definition) is 1. The van der Waals surface area contributed by atoms with Crippen LogP contribution in [0.5, 0.6) is 0 Å². The number of anilines is 2. The van der Waals surface area contributed by atoms with Crippen LogP contribution in [-0.4, -0.2) is 23.3 Å². The molecule has 1 atom stereocenters. The Balaban J connectivity index is 1.83. The number of benzene rings is 1. The molecule has 0 amide bonds. The maximum absolute atomic E-state index is 4.61. The molecule has 0 saturated carbocycles. The molecule has 1 aliphatic rings. The number of thiazole rings is 1. The third kappa shape index (κ3) is 3.24. The number of aromatic nitrogens is 1. The Morgan fingerprint density at radius 2 is 2.32 bits per heavy atom. The fourth-order valence-corrected chi connectivity index (χ4v) is 3.69. The molecule has 1 aromatic carbocycles. The van der Waals surface area contributed by atoms with Gasteiger partial charge in [-0.3, -0.25) is 5.43 Å². The third-order valence-electron chi connectivity index (χ3n) is 4.36. The molecule has 0 radical (unpaired) electrons. The number of nitrogens with zero attached hydrogens (tertiary/aromatic N) is 3. The van der Waals surface area contributed by atoms with Gasteiger partial charge in [0.25, 0.3) is 0 Å². The second kappa shape index (κ2) is 6.65. The average molecular weight is 316 g/mol. The summed E-state index contributed by atoms with van der Waals surface area (Å²) in [4.78, 5) is 7.13. The lowest BCUT2D eigenvalue weighted by Crippen LogP contribution is -2.37. The molecule has 118 valence electrons. The summed E-state index contributed by atoms with van der Waals surface area (Å²) in [6, 6.07) is 7.24. The zero-order chi connectivity index (χ0) is 15.5. The highest BCUT2D eigenvalue weighted by Crippen LogP contribution is 2.32. The van der Waals surface area contributed by atoms with Crippen LogP contribution in [0, 0.1) is 0 Å². The van der Waals surface area contributed by atoms with Crippen molar-refractivity contribution in [1.29, 1.82) is 0 Å². The number of hydrogen-bond acceptors (Lipinski definition) is 5. The summed E-state index contributed by atoms with van der Waals surface area (Å²) < 4.78 is 1.22. The van der Waals surface area contributed by atoms with Crippen molar-refractivity contribution in [2.75, 3.05) is 16.9 Å². The Morgan fingerprint density at radius 3 is 3.09 bits per heavy atom. The summed E-state index contributed by atoms with van der Waals surface area (Å²) in [5.74, 6) is 0. The van der Waals surface area contributed by atoms with Gasteiger partial charge >= 0.3 is 0 Å². The molecule has 1 aromatic heterocycles. The molecule has 1 saturated heterocycles. The predicted octanol–water partition coefficient (Wildman–Crippen LogP) is 4.87. The van der Waals surface area contributed by atoms with Gasteiger partial charge in [-0.25, -0.2) is 4.98 Å². The topological polar surface area (TPSA) is 40.5 Å². The van der Waals surface area contributed by atoms with Gasteiger partial charge in [0.15, 0.2) is 0 Å². The number of fused-ring (bicyclic) bond motifs is 1. The zero-order valence-electron chi connectivity index (χ0n) is 13.6. The Hall–Kier alpha value is -1.62. The van der Waals surface area contributed by atoms with Gasteiger partial charge in [-0.2, -0.15) is 5.10 Å². The second-order valence-electron chi connectivity index (χ2n) is 6.02. The van der Waals surface area contributed by atoms with Crippen molar-refractivity contribution >= 4 is 38.1 Å². The fourth-order valence-electron chi connectivity index (χ4n) is 2.84. The minimum absolute atomic E-state index is 0.633. The van der Waals surface area contributed by atoms with E-state index in [1.807, 2.05) is 6.92 Å². The monoisotopic (exact) mass is 316 g/mol. The van der Waals surface area contributed by atoms with Crippen LogP contribution >= 0.6 is 11.3 Å². The molecule has 1 aliphatic heterocycles. The SMILES string of the molecule is CC/C(C)=N\Nc1nc2ccc(N3CCCC[C@H]3C)cc2s1. The lowest BCUT2D eigenvalue weighted by atomic mass is 10.0. The van der Waals surface area contributed by atoms with Gasteiger partial charge < -0.3 is 4.90 Å². The number of hydrazone groups is 1. The lowest BCUT2D eigenvalue weighted by Gasteiger charge is -2.35. The van der Waals surface area contributed by atoms with E-state index in [9.17, 15) is 0 Å². The normalized spacial score (nSPS) is 19.7. The quantitative estimate of drug-likeness (QED) is 0.646. The van der Waals surface area contributed by atoms with E-state index in [2.05, 4.69) is 52.5 Å². The van der Waals surface area contributed by atoms with Crippen LogP contribution in [0.25, 0.3) is 10.2 Å². The Morgan fingerprint density at radius 1 is 1.45 bits per heavy atom. The van der Waals surface area contributed by atoms with Crippen molar-refractivity contribution in [3.63, 3.8) is 0 Å². The van der Waals surface area contributed by atoms with Gasteiger partial charge in [-0.1, -0.05) is 18.3 Å². The molecule has 4 nitrogen and oxygen atoms in total. The first kappa shape index (κ1) is 15.3. The van der Waals surface area contributed by atoms with Crippen LogP contribution in [0.4, 0.5) is 10.8 Å². The van der Waals surface area contributed by atoms with Gasteiger partial charge in [0.05, 0.1) is 10.2 Å². The molecule has 2 aromatic rings. The largest absolute Gasteiger partial charge is 0.369 e. The Kier molecular flexibility index (Phi) is 4.62. The standard InChI is InChI=1S/C17H24N4S/c1-4-12(2)19-20-17-18-15-9-8-14(11-16(15)22-17)21-10-6-5-7-13(21)3/h8-9,11,13H,4-7,10H2,1-3H3,(H,18,20)/b19-12-/t13-/m1/s1. The first-order valence-corrected chi connectivity index (χ1v) is 8.95. The highest BCUT2D eigenvalue weighted by Gasteiger charge is 2.19. The first-order valence-electron chi connectivity index (χ1n) is 8.14. The minimum Gasteiger partial charge on any atom is -0.369 e. The molecule has 0 aliphatic carbocycles. The van der Waals surface area contributed by atoms with Crippen molar-refractivity contribution in [3.8, 4) is 0 Å². The Bertz CT molecular complexity index is 676. The van der Waals surface area contributed by atoms with Gasteiger partial charge in [0, 0.05) is 24.0 Å². The van der Waals surface area contributed by atoms with E-state index in [1.54, 1.807) is 11.3 Å². The van der Waals surface area contributed by atoms with E-state index >= 15 is 0 Å².